The van der Waals surface area contributed by atoms with E-state index in [0.29, 0.717) is 6.04 Å². The Labute approximate surface area is 113 Å². The minimum absolute atomic E-state index is 0.611. The molecule has 0 spiro atoms. The summed E-state index contributed by atoms with van der Waals surface area (Å²) >= 11 is 1.94. The lowest BCUT2D eigenvalue weighted by atomic mass is 10.1. The summed E-state index contributed by atoms with van der Waals surface area (Å²) in [6, 6.07) is 0.611. The summed E-state index contributed by atoms with van der Waals surface area (Å²) in [5.41, 5.74) is 5.95. The van der Waals surface area contributed by atoms with Gasteiger partial charge in [0.15, 0.2) is 0 Å². The van der Waals surface area contributed by atoms with Crippen LogP contribution in [0.25, 0.3) is 0 Å². The van der Waals surface area contributed by atoms with Gasteiger partial charge in [0.25, 0.3) is 0 Å². The SMILES string of the molecule is CCCCN(CCCC)C(CN)CCCSC. The summed E-state index contributed by atoms with van der Waals surface area (Å²) in [7, 11) is 0. The van der Waals surface area contributed by atoms with Gasteiger partial charge in [-0.05, 0) is 50.8 Å². The molecule has 0 aromatic rings. The second-order valence-electron chi connectivity index (χ2n) is 4.77. The van der Waals surface area contributed by atoms with Crippen LogP contribution in [0.3, 0.4) is 0 Å². The first-order chi connectivity index (χ1) is 8.29. The Kier molecular flexibility index (Phi) is 12.9. The minimum atomic E-state index is 0.611. The maximum atomic E-state index is 5.95. The Bertz CT molecular complexity index is 145. The van der Waals surface area contributed by atoms with Gasteiger partial charge in [-0.2, -0.15) is 11.8 Å². The van der Waals surface area contributed by atoms with Crippen molar-refractivity contribution < 1.29 is 0 Å². The number of nitrogens with two attached hydrogens (primary N) is 1. The van der Waals surface area contributed by atoms with Crippen LogP contribution in [0.2, 0.25) is 0 Å². The molecular weight excluding hydrogens is 228 g/mol. The zero-order chi connectivity index (χ0) is 12.9. The summed E-state index contributed by atoms with van der Waals surface area (Å²) < 4.78 is 0. The highest BCUT2D eigenvalue weighted by Crippen LogP contribution is 2.11. The van der Waals surface area contributed by atoms with E-state index in [1.165, 1.54) is 57.4 Å². The molecule has 0 radical (unpaired) electrons. The molecule has 0 aliphatic rings. The predicted octanol–water partition coefficient (Wildman–Crippen LogP) is 3.36. The number of hydrogen-bond donors (Lipinski definition) is 1. The van der Waals surface area contributed by atoms with Crippen molar-refractivity contribution >= 4 is 11.8 Å². The molecule has 3 heteroatoms. The van der Waals surface area contributed by atoms with Crippen LogP contribution in [0.5, 0.6) is 0 Å². The Morgan fingerprint density at radius 1 is 1.06 bits per heavy atom. The fourth-order valence-electron chi connectivity index (χ4n) is 2.11. The van der Waals surface area contributed by atoms with Crippen LogP contribution >= 0.6 is 11.8 Å². The second kappa shape index (κ2) is 12.7. The molecule has 0 rings (SSSR count). The molecule has 1 unspecified atom stereocenters. The third-order valence-electron chi connectivity index (χ3n) is 3.27. The maximum absolute atomic E-state index is 5.95. The number of nitrogens with zero attached hydrogens (tertiary/aromatic N) is 1. The fraction of sp³-hybridized carbons (Fsp3) is 1.00. The van der Waals surface area contributed by atoms with E-state index < -0.39 is 0 Å². The van der Waals surface area contributed by atoms with E-state index >= 15 is 0 Å². The van der Waals surface area contributed by atoms with Crippen LogP contribution in [-0.2, 0) is 0 Å². The molecule has 0 aromatic heterocycles. The average Bonchev–Trinajstić information content (AvgIpc) is 2.36. The van der Waals surface area contributed by atoms with E-state index in [2.05, 4.69) is 25.0 Å². The average molecular weight is 260 g/mol. The van der Waals surface area contributed by atoms with E-state index in [9.17, 15) is 0 Å². The summed E-state index contributed by atoms with van der Waals surface area (Å²) in [5.74, 6) is 1.27. The highest BCUT2D eigenvalue weighted by molar-refractivity contribution is 7.98. The summed E-state index contributed by atoms with van der Waals surface area (Å²) in [4.78, 5) is 2.63. The Morgan fingerprint density at radius 3 is 2.06 bits per heavy atom. The highest BCUT2D eigenvalue weighted by atomic mass is 32.2. The molecule has 0 fully saturated rings. The monoisotopic (exact) mass is 260 g/mol. The molecule has 2 nitrogen and oxygen atoms in total. The normalized spacial score (nSPS) is 13.2. The summed E-state index contributed by atoms with van der Waals surface area (Å²) in [5, 5.41) is 0. The van der Waals surface area contributed by atoms with Gasteiger partial charge in [0.05, 0.1) is 0 Å². The third-order valence-corrected chi connectivity index (χ3v) is 3.97. The van der Waals surface area contributed by atoms with Crippen molar-refractivity contribution in [3.63, 3.8) is 0 Å². The molecular formula is C14H32N2S. The zero-order valence-electron chi connectivity index (χ0n) is 12.1. The van der Waals surface area contributed by atoms with Crippen molar-refractivity contribution in [3.05, 3.63) is 0 Å². The van der Waals surface area contributed by atoms with Crippen molar-refractivity contribution in [2.45, 2.75) is 58.4 Å². The smallest absolute Gasteiger partial charge is 0.0218 e. The number of unbranched alkanes of at least 4 members (excludes halogenated alkanes) is 2. The molecule has 1 atom stereocenters. The van der Waals surface area contributed by atoms with Crippen molar-refractivity contribution in [3.8, 4) is 0 Å². The maximum Gasteiger partial charge on any atom is 0.0218 e. The van der Waals surface area contributed by atoms with Gasteiger partial charge in [0.1, 0.15) is 0 Å². The minimum Gasteiger partial charge on any atom is -0.329 e. The first kappa shape index (κ1) is 17.3. The molecule has 0 bridgehead atoms. The number of rotatable bonds is 12. The van der Waals surface area contributed by atoms with E-state index in [0.717, 1.165) is 6.54 Å². The first-order valence-corrected chi connectivity index (χ1v) is 8.62. The molecule has 0 aliphatic heterocycles. The topological polar surface area (TPSA) is 29.3 Å². The van der Waals surface area contributed by atoms with E-state index in [4.69, 9.17) is 5.73 Å². The summed E-state index contributed by atoms with van der Waals surface area (Å²) in [6.45, 7) is 7.82. The molecule has 0 aliphatic carbocycles. The third kappa shape index (κ3) is 8.92. The van der Waals surface area contributed by atoms with Crippen molar-refractivity contribution in [1.82, 2.24) is 4.90 Å². The standard InChI is InChI=1S/C14H32N2S/c1-4-6-10-16(11-7-5-2)14(13-15)9-8-12-17-3/h14H,4-13,15H2,1-3H3. The van der Waals surface area contributed by atoms with Gasteiger partial charge in [-0.15, -0.1) is 0 Å². The largest absolute Gasteiger partial charge is 0.329 e. The van der Waals surface area contributed by atoms with Crippen LogP contribution in [0.1, 0.15) is 52.4 Å². The van der Waals surface area contributed by atoms with Gasteiger partial charge in [-0.25, -0.2) is 0 Å². The molecule has 0 amide bonds. The van der Waals surface area contributed by atoms with Crippen LogP contribution in [0.15, 0.2) is 0 Å². The van der Waals surface area contributed by atoms with Crippen LogP contribution in [-0.4, -0.2) is 42.6 Å². The molecule has 2 N–H and O–H groups in total. The predicted molar refractivity (Wildman–Crippen MR) is 81.8 cm³/mol. The van der Waals surface area contributed by atoms with Crippen molar-refractivity contribution in [2.75, 3.05) is 31.6 Å². The van der Waals surface area contributed by atoms with Gasteiger partial charge in [0.2, 0.25) is 0 Å². The van der Waals surface area contributed by atoms with Gasteiger partial charge >= 0.3 is 0 Å². The Balaban J connectivity index is 4.06. The van der Waals surface area contributed by atoms with Crippen LogP contribution in [0, 0.1) is 0 Å². The van der Waals surface area contributed by atoms with Crippen molar-refractivity contribution in [2.24, 2.45) is 5.73 Å². The van der Waals surface area contributed by atoms with Crippen LogP contribution in [0.4, 0.5) is 0 Å². The lowest BCUT2D eigenvalue weighted by molar-refractivity contribution is 0.184. The van der Waals surface area contributed by atoms with E-state index in [-0.39, 0.29) is 0 Å². The number of hydrogen-bond acceptors (Lipinski definition) is 3. The quantitative estimate of drug-likeness (QED) is 0.546. The van der Waals surface area contributed by atoms with Gasteiger partial charge in [-0.1, -0.05) is 26.7 Å². The van der Waals surface area contributed by atoms with Crippen molar-refractivity contribution in [1.29, 1.82) is 0 Å². The summed E-state index contributed by atoms with van der Waals surface area (Å²) in [6.07, 6.45) is 9.94. The second-order valence-corrected chi connectivity index (χ2v) is 5.75. The molecule has 0 aromatic carbocycles. The molecule has 0 heterocycles. The highest BCUT2D eigenvalue weighted by Gasteiger charge is 2.15. The number of thioether (sulfide) groups is 1. The molecule has 0 saturated carbocycles. The van der Waals surface area contributed by atoms with E-state index in [1.54, 1.807) is 0 Å². The van der Waals surface area contributed by atoms with Gasteiger partial charge < -0.3 is 5.73 Å². The first-order valence-electron chi connectivity index (χ1n) is 7.23. The lowest BCUT2D eigenvalue weighted by Gasteiger charge is -2.31. The fourth-order valence-corrected chi connectivity index (χ4v) is 2.57. The van der Waals surface area contributed by atoms with E-state index in [1.807, 2.05) is 11.8 Å². The zero-order valence-corrected chi connectivity index (χ0v) is 12.9. The van der Waals surface area contributed by atoms with Gasteiger partial charge in [-0.3, -0.25) is 4.90 Å². The van der Waals surface area contributed by atoms with Gasteiger partial charge in [0, 0.05) is 12.6 Å². The molecule has 104 valence electrons. The molecule has 17 heavy (non-hydrogen) atoms. The lowest BCUT2D eigenvalue weighted by Crippen LogP contribution is -2.41. The van der Waals surface area contributed by atoms with Crippen LogP contribution < -0.4 is 5.73 Å². The Hall–Kier alpha value is 0.270. The Morgan fingerprint density at radius 2 is 1.65 bits per heavy atom. The molecule has 0 saturated heterocycles.